The smallest absolute Gasteiger partial charge is 0.210 e. The standard InChI is InChI=1S/C20H32N8/c21-19-24-20(22,26-25-19)16-6-7-17(23-15-16)5-4-10-27-13-8-18(9-14-27)28-11-2-1-3-12-28/h4-7,15,18,26H,1-3,8-14,22H2,(H3,21,24,25)/b5-4+. The molecule has 0 spiro atoms. The van der Waals surface area contributed by atoms with Crippen LogP contribution in [0.3, 0.4) is 0 Å². The summed E-state index contributed by atoms with van der Waals surface area (Å²) in [5.41, 5.74) is 19.1. The molecular formula is C20H32N8. The maximum Gasteiger partial charge on any atom is 0.210 e. The van der Waals surface area contributed by atoms with Crippen LogP contribution in [0.4, 0.5) is 0 Å². The zero-order valence-corrected chi connectivity index (χ0v) is 16.5. The summed E-state index contributed by atoms with van der Waals surface area (Å²) in [4.78, 5) is 13.9. The second kappa shape index (κ2) is 8.57. The maximum absolute atomic E-state index is 6.17. The van der Waals surface area contributed by atoms with Crippen LogP contribution in [0.5, 0.6) is 0 Å². The molecule has 0 aromatic carbocycles. The molecule has 2 fully saturated rings. The van der Waals surface area contributed by atoms with Crippen LogP contribution in [0.25, 0.3) is 6.08 Å². The Kier molecular flexibility index (Phi) is 5.91. The van der Waals surface area contributed by atoms with E-state index in [0.29, 0.717) is 0 Å². The summed E-state index contributed by atoms with van der Waals surface area (Å²) < 4.78 is 0. The fourth-order valence-corrected chi connectivity index (χ4v) is 4.34. The van der Waals surface area contributed by atoms with Gasteiger partial charge in [-0.3, -0.25) is 21.0 Å². The van der Waals surface area contributed by atoms with E-state index < -0.39 is 5.79 Å². The summed E-state index contributed by atoms with van der Waals surface area (Å²) in [6.07, 6.45) is 12.8. The zero-order valence-electron chi connectivity index (χ0n) is 16.5. The topological polar surface area (TPSA) is 108 Å². The lowest BCUT2D eigenvalue weighted by Crippen LogP contribution is -2.50. The van der Waals surface area contributed by atoms with Crippen LogP contribution in [-0.2, 0) is 5.79 Å². The fraction of sp³-hybridized carbons (Fsp3) is 0.600. The van der Waals surface area contributed by atoms with Crippen LogP contribution < -0.4 is 22.3 Å². The number of hydrazine groups is 1. The van der Waals surface area contributed by atoms with E-state index >= 15 is 0 Å². The average Bonchev–Trinajstić information content (AvgIpc) is 3.09. The SMILES string of the molecule is NC1=NC(N)(c2ccc(/C=C/CN3CCC(N4CCCCC4)CC3)nc2)NN1. The molecule has 1 aromatic rings. The summed E-state index contributed by atoms with van der Waals surface area (Å²) >= 11 is 0. The van der Waals surface area contributed by atoms with Crippen LogP contribution in [0.2, 0.25) is 0 Å². The van der Waals surface area contributed by atoms with Gasteiger partial charge >= 0.3 is 0 Å². The quantitative estimate of drug-likeness (QED) is 0.587. The minimum atomic E-state index is -1.06. The van der Waals surface area contributed by atoms with Crippen molar-refractivity contribution < 1.29 is 0 Å². The average molecular weight is 385 g/mol. The van der Waals surface area contributed by atoms with E-state index in [1.807, 2.05) is 12.1 Å². The molecule has 0 saturated carbocycles. The molecule has 4 rings (SSSR count). The Morgan fingerprint density at radius 3 is 2.57 bits per heavy atom. The van der Waals surface area contributed by atoms with E-state index in [9.17, 15) is 0 Å². The van der Waals surface area contributed by atoms with Crippen molar-refractivity contribution >= 4 is 12.0 Å². The predicted octanol–water partition coefficient (Wildman–Crippen LogP) is 0.537. The molecule has 1 aromatic heterocycles. The molecule has 0 aliphatic carbocycles. The first-order chi connectivity index (χ1) is 13.6. The third kappa shape index (κ3) is 4.52. The lowest BCUT2D eigenvalue weighted by molar-refractivity contribution is 0.0975. The Hall–Kier alpha value is -2.00. The largest absolute Gasteiger partial charge is 0.369 e. The van der Waals surface area contributed by atoms with E-state index in [-0.39, 0.29) is 5.96 Å². The van der Waals surface area contributed by atoms with Crippen molar-refractivity contribution in [2.24, 2.45) is 16.5 Å². The Morgan fingerprint density at radius 2 is 1.93 bits per heavy atom. The molecule has 0 amide bonds. The van der Waals surface area contributed by atoms with Gasteiger partial charge in [-0.2, -0.15) is 5.43 Å². The van der Waals surface area contributed by atoms with E-state index in [1.165, 1.54) is 58.3 Å². The van der Waals surface area contributed by atoms with Gasteiger partial charge in [0.15, 0.2) is 0 Å². The lowest BCUT2D eigenvalue weighted by atomic mass is 10.00. The number of hydrogen-bond acceptors (Lipinski definition) is 8. The highest BCUT2D eigenvalue weighted by molar-refractivity contribution is 5.79. The summed E-state index contributed by atoms with van der Waals surface area (Å²) in [5.74, 6) is -0.784. The number of likely N-dealkylation sites (tertiary alicyclic amines) is 2. The number of nitrogens with zero attached hydrogens (tertiary/aromatic N) is 4. The highest BCUT2D eigenvalue weighted by atomic mass is 15.6. The second-order valence-electron chi connectivity index (χ2n) is 8.02. The first kappa shape index (κ1) is 19.3. The number of pyridine rings is 1. The number of rotatable bonds is 5. The molecule has 152 valence electrons. The van der Waals surface area contributed by atoms with Crippen LogP contribution in [0.1, 0.15) is 43.4 Å². The Labute approximate surface area is 167 Å². The number of aromatic nitrogens is 1. The lowest BCUT2D eigenvalue weighted by Gasteiger charge is -2.40. The summed E-state index contributed by atoms with van der Waals surface area (Å²) in [6, 6.07) is 4.68. The van der Waals surface area contributed by atoms with Crippen LogP contribution in [0, 0.1) is 0 Å². The number of nitrogens with one attached hydrogen (secondary N) is 2. The van der Waals surface area contributed by atoms with Gasteiger partial charge < -0.3 is 10.6 Å². The van der Waals surface area contributed by atoms with Gasteiger partial charge in [0.05, 0.1) is 5.69 Å². The van der Waals surface area contributed by atoms with Gasteiger partial charge in [-0.1, -0.05) is 18.6 Å². The number of piperidine rings is 2. The highest BCUT2D eigenvalue weighted by Crippen LogP contribution is 2.21. The van der Waals surface area contributed by atoms with Crippen LogP contribution in [-0.4, -0.2) is 59.5 Å². The molecule has 2 saturated heterocycles. The Balaban J connectivity index is 1.24. The van der Waals surface area contributed by atoms with Gasteiger partial charge in [-0.05, 0) is 64.0 Å². The third-order valence-corrected chi connectivity index (χ3v) is 6.02. The maximum atomic E-state index is 6.17. The molecular weight excluding hydrogens is 352 g/mol. The first-order valence-corrected chi connectivity index (χ1v) is 10.4. The van der Waals surface area contributed by atoms with E-state index in [4.69, 9.17) is 11.5 Å². The van der Waals surface area contributed by atoms with Crippen molar-refractivity contribution in [2.75, 3.05) is 32.7 Å². The number of nitrogens with two attached hydrogens (primary N) is 2. The van der Waals surface area contributed by atoms with Gasteiger partial charge in [0.2, 0.25) is 11.7 Å². The molecule has 8 nitrogen and oxygen atoms in total. The molecule has 8 heteroatoms. The van der Waals surface area contributed by atoms with Gasteiger partial charge in [0.1, 0.15) is 0 Å². The molecule has 1 atom stereocenters. The molecule has 4 heterocycles. The van der Waals surface area contributed by atoms with Gasteiger partial charge in [0, 0.05) is 24.3 Å². The molecule has 1 unspecified atom stereocenters. The summed E-state index contributed by atoms with van der Waals surface area (Å²) in [5, 5.41) is 0. The number of guanidine groups is 1. The molecule has 3 aliphatic heterocycles. The molecule has 3 aliphatic rings. The third-order valence-electron chi connectivity index (χ3n) is 6.02. The van der Waals surface area contributed by atoms with Gasteiger partial charge in [0.25, 0.3) is 0 Å². The minimum absolute atomic E-state index is 0.274. The van der Waals surface area contributed by atoms with Crippen molar-refractivity contribution in [3.05, 3.63) is 35.7 Å². The predicted molar refractivity (Wildman–Crippen MR) is 112 cm³/mol. The van der Waals surface area contributed by atoms with Crippen molar-refractivity contribution in [1.29, 1.82) is 0 Å². The van der Waals surface area contributed by atoms with E-state index in [1.54, 1.807) is 6.20 Å². The molecule has 6 N–H and O–H groups in total. The molecule has 28 heavy (non-hydrogen) atoms. The molecule has 0 bridgehead atoms. The van der Waals surface area contributed by atoms with Gasteiger partial charge in [-0.15, -0.1) is 0 Å². The second-order valence-corrected chi connectivity index (χ2v) is 8.02. The monoisotopic (exact) mass is 384 g/mol. The fourth-order valence-electron chi connectivity index (χ4n) is 4.34. The first-order valence-electron chi connectivity index (χ1n) is 10.4. The van der Waals surface area contributed by atoms with Crippen molar-refractivity contribution in [2.45, 2.75) is 43.9 Å². The minimum Gasteiger partial charge on any atom is -0.369 e. The van der Waals surface area contributed by atoms with Crippen molar-refractivity contribution in [3.8, 4) is 0 Å². The van der Waals surface area contributed by atoms with E-state index in [0.717, 1.165) is 23.8 Å². The normalized spacial score (nSPS) is 27.8. The van der Waals surface area contributed by atoms with Crippen molar-refractivity contribution in [1.82, 2.24) is 25.6 Å². The Morgan fingerprint density at radius 1 is 1.14 bits per heavy atom. The van der Waals surface area contributed by atoms with Crippen LogP contribution >= 0.6 is 0 Å². The summed E-state index contributed by atoms with van der Waals surface area (Å²) in [7, 11) is 0. The zero-order chi connectivity index (χ0) is 19.4. The highest BCUT2D eigenvalue weighted by Gasteiger charge is 2.31. The number of hydrogen-bond donors (Lipinski definition) is 4. The van der Waals surface area contributed by atoms with Gasteiger partial charge in [-0.25, -0.2) is 4.99 Å². The Bertz CT molecular complexity index is 701. The summed E-state index contributed by atoms with van der Waals surface area (Å²) in [6.45, 7) is 5.96. The van der Waals surface area contributed by atoms with Crippen molar-refractivity contribution in [3.63, 3.8) is 0 Å². The molecule has 0 radical (unpaired) electrons. The van der Waals surface area contributed by atoms with E-state index in [2.05, 4.69) is 42.8 Å². The number of aliphatic imine (C=N–C) groups is 1. The van der Waals surface area contributed by atoms with Crippen LogP contribution in [0.15, 0.2) is 29.4 Å².